The Morgan fingerprint density at radius 3 is 2.82 bits per heavy atom. The Balaban J connectivity index is 2.96. The molecule has 1 aromatic rings. The van der Waals surface area contributed by atoms with E-state index >= 15 is 0 Å². The molecule has 0 unspecified atom stereocenters. The van der Waals surface area contributed by atoms with E-state index in [1.807, 2.05) is 6.92 Å². The molecule has 5 heteroatoms. The molecule has 0 saturated carbocycles. The summed E-state index contributed by atoms with van der Waals surface area (Å²) in [6, 6.07) is 0. The molecule has 0 saturated heterocycles. The molecule has 0 radical (unpaired) electrons. The fourth-order valence-corrected chi connectivity index (χ4v) is 0.848. The molecule has 0 aromatic carbocycles. The van der Waals surface area contributed by atoms with Crippen molar-refractivity contribution in [3.63, 3.8) is 0 Å². The van der Waals surface area contributed by atoms with Crippen molar-refractivity contribution in [3.05, 3.63) is 16.5 Å². The lowest BCUT2D eigenvalue weighted by atomic mass is 10.6. The van der Waals surface area contributed by atoms with Crippen LogP contribution >= 0.6 is 23.2 Å². The third-order valence-corrected chi connectivity index (χ3v) is 1.72. The Bertz CT molecular complexity index is 254. The normalized spacial score (nSPS) is 9.73. The van der Waals surface area contributed by atoms with Gasteiger partial charge in [-0.25, -0.2) is 9.97 Å². The first-order valence-electron chi connectivity index (χ1n) is 3.04. The molecule has 0 aliphatic carbocycles. The lowest BCUT2D eigenvalue weighted by molar-refractivity contribution is 0.326. The topological polar surface area (TPSA) is 35.0 Å². The van der Waals surface area contributed by atoms with Crippen LogP contribution in [-0.4, -0.2) is 16.6 Å². The van der Waals surface area contributed by atoms with Crippen LogP contribution < -0.4 is 4.74 Å². The summed E-state index contributed by atoms with van der Waals surface area (Å²) >= 11 is 11.3. The number of aromatic nitrogens is 2. The van der Waals surface area contributed by atoms with Crippen molar-refractivity contribution in [2.45, 2.75) is 6.92 Å². The summed E-state index contributed by atoms with van der Waals surface area (Å²) in [6.07, 6.45) is 1.30. The maximum Gasteiger partial charge on any atom is 0.237 e. The molecule has 11 heavy (non-hydrogen) atoms. The predicted molar refractivity (Wildman–Crippen MR) is 43.2 cm³/mol. The smallest absolute Gasteiger partial charge is 0.237 e. The van der Waals surface area contributed by atoms with Crippen LogP contribution in [0.4, 0.5) is 0 Å². The molecule has 3 nitrogen and oxygen atoms in total. The number of ether oxygens (including phenoxy) is 1. The third kappa shape index (κ3) is 1.94. The van der Waals surface area contributed by atoms with Crippen molar-refractivity contribution in [2.24, 2.45) is 0 Å². The van der Waals surface area contributed by atoms with E-state index in [0.717, 1.165) is 0 Å². The summed E-state index contributed by atoms with van der Waals surface area (Å²) in [5, 5.41) is 0.473. The van der Waals surface area contributed by atoms with Crippen LogP contribution in [0.25, 0.3) is 0 Å². The molecule has 0 N–H and O–H groups in total. The second kappa shape index (κ2) is 3.74. The quantitative estimate of drug-likeness (QED) is 0.675. The Morgan fingerprint density at radius 2 is 2.18 bits per heavy atom. The highest BCUT2D eigenvalue weighted by molar-refractivity contribution is 6.41. The molecular weight excluding hydrogens is 187 g/mol. The van der Waals surface area contributed by atoms with Crippen molar-refractivity contribution in [2.75, 3.05) is 6.61 Å². The highest BCUT2D eigenvalue weighted by Gasteiger charge is 2.06. The standard InChI is InChI=1S/C6H6Cl2N2O/c1-2-11-6-4(7)5(8)9-3-10-6/h3H,2H2,1H3. The SMILES string of the molecule is CCOc1ncnc(Cl)c1Cl. The molecule has 0 bridgehead atoms. The first-order valence-corrected chi connectivity index (χ1v) is 3.80. The second-order valence-electron chi connectivity index (χ2n) is 1.72. The summed E-state index contributed by atoms with van der Waals surface area (Å²) < 4.78 is 5.05. The van der Waals surface area contributed by atoms with Gasteiger partial charge in [0.2, 0.25) is 5.88 Å². The Labute approximate surface area is 74.3 Å². The van der Waals surface area contributed by atoms with E-state index in [-0.39, 0.29) is 10.2 Å². The van der Waals surface area contributed by atoms with Crippen molar-refractivity contribution in [1.82, 2.24) is 9.97 Å². The minimum absolute atomic E-state index is 0.213. The van der Waals surface area contributed by atoms with Gasteiger partial charge in [0.15, 0.2) is 5.15 Å². The summed E-state index contributed by atoms with van der Waals surface area (Å²) in [7, 11) is 0. The average Bonchev–Trinajstić information content (AvgIpc) is 1.99. The number of halogens is 2. The van der Waals surface area contributed by atoms with Gasteiger partial charge in [0, 0.05) is 0 Å². The van der Waals surface area contributed by atoms with Gasteiger partial charge in [0.25, 0.3) is 0 Å². The van der Waals surface area contributed by atoms with Crippen LogP contribution in [0.3, 0.4) is 0 Å². The summed E-state index contributed by atoms with van der Waals surface area (Å²) in [5.41, 5.74) is 0. The van der Waals surface area contributed by atoms with Crippen molar-refractivity contribution in [3.8, 4) is 5.88 Å². The van der Waals surface area contributed by atoms with E-state index in [9.17, 15) is 0 Å². The Kier molecular flexibility index (Phi) is 2.91. The lowest BCUT2D eigenvalue weighted by Gasteiger charge is -2.02. The first kappa shape index (κ1) is 8.56. The van der Waals surface area contributed by atoms with Gasteiger partial charge in [-0.3, -0.25) is 0 Å². The first-order chi connectivity index (χ1) is 5.25. The van der Waals surface area contributed by atoms with Gasteiger partial charge in [0.1, 0.15) is 11.3 Å². The van der Waals surface area contributed by atoms with E-state index < -0.39 is 0 Å². The van der Waals surface area contributed by atoms with Gasteiger partial charge in [0.05, 0.1) is 6.61 Å². The molecule has 0 aliphatic rings. The molecular formula is C6H6Cl2N2O. The molecule has 0 spiro atoms. The van der Waals surface area contributed by atoms with E-state index in [1.165, 1.54) is 6.33 Å². The van der Waals surface area contributed by atoms with Crippen LogP contribution in [0, 0.1) is 0 Å². The predicted octanol–water partition coefficient (Wildman–Crippen LogP) is 2.18. The van der Waals surface area contributed by atoms with E-state index in [2.05, 4.69) is 9.97 Å². The lowest BCUT2D eigenvalue weighted by Crippen LogP contribution is -1.95. The molecule has 0 atom stereocenters. The number of nitrogens with zero attached hydrogens (tertiary/aromatic N) is 2. The zero-order valence-corrected chi connectivity index (χ0v) is 7.35. The molecule has 0 aliphatic heterocycles. The van der Waals surface area contributed by atoms with Crippen molar-refractivity contribution in [1.29, 1.82) is 0 Å². The molecule has 0 amide bonds. The maximum atomic E-state index is 5.69. The van der Waals surface area contributed by atoms with E-state index in [4.69, 9.17) is 27.9 Å². The molecule has 60 valence electrons. The average molecular weight is 193 g/mol. The van der Waals surface area contributed by atoms with E-state index in [0.29, 0.717) is 12.5 Å². The van der Waals surface area contributed by atoms with Crippen molar-refractivity contribution < 1.29 is 4.74 Å². The Hall–Kier alpha value is -0.540. The van der Waals surface area contributed by atoms with Crippen LogP contribution in [0.2, 0.25) is 10.2 Å². The van der Waals surface area contributed by atoms with Gasteiger partial charge in [-0.15, -0.1) is 0 Å². The molecule has 1 heterocycles. The molecule has 1 rings (SSSR count). The zero-order chi connectivity index (χ0) is 8.27. The third-order valence-electron chi connectivity index (χ3n) is 0.996. The van der Waals surface area contributed by atoms with Crippen LogP contribution in [0.15, 0.2) is 6.33 Å². The van der Waals surface area contributed by atoms with E-state index in [1.54, 1.807) is 0 Å². The minimum atomic E-state index is 0.213. The van der Waals surface area contributed by atoms with Gasteiger partial charge < -0.3 is 4.74 Å². The van der Waals surface area contributed by atoms with Gasteiger partial charge >= 0.3 is 0 Å². The number of hydrogen-bond acceptors (Lipinski definition) is 3. The largest absolute Gasteiger partial charge is 0.477 e. The zero-order valence-electron chi connectivity index (χ0n) is 5.84. The maximum absolute atomic E-state index is 5.69. The van der Waals surface area contributed by atoms with Gasteiger partial charge in [-0.05, 0) is 6.92 Å². The summed E-state index contributed by atoms with van der Waals surface area (Å²) in [6.45, 7) is 2.35. The molecule has 0 fully saturated rings. The monoisotopic (exact) mass is 192 g/mol. The van der Waals surface area contributed by atoms with Crippen LogP contribution in [0.1, 0.15) is 6.92 Å². The Morgan fingerprint density at radius 1 is 1.45 bits per heavy atom. The summed E-state index contributed by atoms with van der Waals surface area (Å²) in [5.74, 6) is 0.328. The number of hydrogen-bond donors (Lipinski definition) is 0. The van der Waals surface area contributed by atoms with Crippen molar-refractivity contribution >= 4 is 23.2 Å². The highest BCUT2D eigenvalue weighted by Crippen LogP contribution is 2.26. The minimum Gasteiger partial charge on any atom is -0.477 e. The summed E-state index contributed by atoms with van der Waals surface area (Å²) in [4.78, 5) is 7.44. The fraction of sp³-hybridized carbons (Fsp3) is 0.333. The van der Waals surface area contributed by atoms with Crippen LogP contribution in [0.5, 0.6) is 5.88 Å². The van der Waals surface area contributed by atoms with Crippen LogP contribution in [-0.2, 0) is 0 Å². The van der Waals surface area contributed by atoms with Gasteiger partial charge in [-0.1, -0.05) is 23.2 Å². The fourth-order valence-electron chi connectivity index (χ4n) is 0.571. The highest BCUT2D eigenvalue weighted by atomic mass is 35.5. The van der Waals surface area contributed by atoms with Gasteiger partial charge in [-0.2, -0.15) is 0 Å². The number of rotatable bonds is 2. The second-order valence-corrected chi connectivity index (χ2v) is 2.45. The molecule has 1 aromatic heterocycles.